The standard InChI is InChI=1S/C18H20FN7O3.C4H4O4/c1-2-29-25-13-8-26(9-13)17-22-6-12(7-23-17)14-5-3-4-11(15(14)19)10-28-18(27)24-16(20)21;5-3(6)1-2-4(7)8/h3-7H,2,8-10H2,1H3,(H4,20,21,24,27);1-2H,(H,5,6)(H,7,8)/b;2-1-. The molecular formula is C22H24FN7O7. The maximum absolute atomic E-state index is 14.8. The van der Waals surface area contributed by atoms with Gasteiger partial charge in [-0.25, -0.2) is 28.7 Å². The first-order valence-electron chi connectivity index (χ1n) is 10.5. The molecule has 1 aliphatic rings. The second kappa shape index (κ2) is 13.7. The van der Waals surface area contributed by atoms with Gasteiger partial charge in [-0.3, -0.25) is 10.7 Å². The molecule has 2 aromatic rings. The lowest BCUT2D eigenvalue weighted by atomic mass is 10.1. The molecule has 15 heteroatoms. The van der Waals surface area contributed by atoms with Crippen molar-refractivity contribution in [3.05, 3.63) is 54.1 Å². The van der Waals surface area contributed by atoms with Crippen LogP contribution in [0.25, 0.3) is 11.1 Å². The minimum Gasteiger partial charge on any atom is -0.478 e. The molecule has 1 aromatic heterocycles. The summed E-state index contributed by atoms with van der Waals surface area (Å²) >= 11 is 0. The number of carboxylic acids is 2. The number of nitrogens with two attached hydrogens (primary N) is 1. The van der Waals surface area contributed by atoms with E-state index >= 15 is 0 Å². The number of carboxylic acid groups (broad SMARTS) is 2. The number of oxime groups is 1. The molecule has 1 saturated heterocycles. The van der Waals surface area contributed by atoms with Crippen LogP contribution in [0.15, 0.2) is 47.9 Å². The number of benzene rings is 1. The Hall–Kier alpha value is -5.08. The quantitative estimate of drug-likeness (QED) is 0.146. The van der Waals surface area contributed by atoms with Gasteiger partial charge in [0.25, 0.3) is 0 Å². The van der Waals surface area contributed by atoms with Crippen LogP contribution in [0.4, 0.5) is 15.1 Å². The number of rotatable bonds is 8. The predicted molar refractivity (Wildman–Crippen MR) is 128 cm³/mol. The zero-order valence-electron chi connectivity index (χ0n) is 19.5. The van der Waals surface area contributed by atoms with Crippen molar-refractivity contribution in [2.24, 2.45) is 10.9 Å². The molecule has 2 heterocycles. The number of halogens is 1. The molecule has 1 aliphatic heterocycles. The number of carbonyl (C=O) groups is 3. The van der Waals surface area contributed by atoms with E-state index in [2.05, 4.69) is 15.1 Å². The van der Waals surface area contributed by atoms with Gasteiger partial charge in [0.2, 0.25) is 5.95 Å². The highest BCUT2D eigenvalue weighted by molar-refractivity contribution is 5.98. The molecule has 1 fully saturated rings. The Morgan fingerprint density at radius 3 is 2.38 bits per heavy atom. The predicted octanol–water partition coefficient (Wildman–Crippen LogP) is 1.33. The van der Waals surface area contributed by atoms with Crippen LogP contribution in [0.1, 0.15) is 12.5 Å². The topological polar surface area (TPSA) is 213 Å². The third-order valence-electron chi connectivity index (χ3n) is 4.34. The Bertz CT molecular complexity index is 1180. The number of hydrogen-bond acceptors (Lipinski definition) is 10. The minimum atomic E-state index is -1.26. The van der Waals surface area contributed by atoms with Crippen molar-refractivity contribution in [3.63, 3.8) is 0 Å². The van der Waals surface area contributed by atoms with Gasteiger partial charge in [0.05, 0.1) is 18.8 Å². The number of carbonyl (C=O) groups excluding carboxylic acids is 1. The summed E-state index contributed by atoms with van der Waals surface area (Å²) < 4.78 is 19.7. The molecule has 1 aromatic carbocycles. The molecule has 0 unspecified atom stereocenters. The van der Waals surface area contributed by atoms with Gasteiger partial charge < -0.3 is 30.4 Å². The van der Waals surface area contributed by atoms with E-state index in [1.54, 1.807) is 12.1 Å². The highest BCUT2D eigenvalue weighted by atomic mass is 19.1. The molecule has 37 heavy (non-hydrogen) atoms. The lowest BCUT2D eigenvalue weighted by molar-refractivity contribution is -0.134. The van der Waals surface area contributed by atoms with Crippen LogP contribution < -0.4 is 16.0 Å². The van der Waals surface area contributed by atoms with Crippen LogP contribution in [-0.2, 0) is 25.8 Å². The Morgan fingerprint density at radius 1 is 1.22 bits per heavy atom. The van der Waals surface area contributed by atoms with Crippen molar-refractivity contribution in [3.8, 4) is 11.1 Å². The van der Waals surface area contributed by atoms with Crippen molar-refractivity contribution >= 4 is 35.7 Å². The van der Waals surface area contributed by atoms with Gasteiger partial charge in [-0.15, -0.1) is 0 Å². The van der Waals surface area contributed by atoms with Gasteiger partial charge >= 0.3 is 18.0 Å². The van der Waals surface area contributed by atoms with Crippen LogP contribution in [0, 0.1) is 11.2 Å². The van der Waals surface area contributed by atoms with E-state index in [-0.39, 0.29) is 17.7 Å². The lowest BCUT2D eigenvalue weighted by Gasteiger charge is -2.31. The third kappa shape index (κ3) is 9.23. The smallest absolute Gasteiger partial charge is 0.414 e. The molecule has 1 amide bonds. The molecule has 6 N–H and O–H groups in total. The zero-order valence-corrected chi connectivity index (χ0v) is 19.5. The first-order valence-corrected chi connectivity index (χ1v) is 10.5. The second-order valence-corrected chi connectivity index (χ2v) is 7.11. The molecule has 3 rings (SSSR count). The summed E-state index contributed by atoms with van der Waals surface area (Å²) in [5, 5.41) is 28.5. The van der Waals surface area contributed by atoms with Crippen LogP contribution in [0.5, 0.6) is 0 Å². The van der Waals surface area contributed by atoms with E-state index < -0.39 is 29.8 Å². The van der Waals surface area contributed by atoms with Gasteiger partial charge in [-0.05, 0) is 6.92 Å². The number of ether oxygens (including phenoxy) is 1. The number of nitrogens with zero attached hydrogens (tertiary/aromatic N) is 4. The number of aromatic nitrogens is 2. The molecule has 0 bridgehead atoms. The Labute approximate surface area is 209 Å². The van der Waals surface area contributed by atoms with Gasteiger partial charge in [0.1, 0.15) is 19.0 Å². The number of aliphatic carboxylic acids is 2. The van der Waals surface area contributed by atoms with Gasteiger partial charge in [-0.1, -0.05) is 23.4 Å². The largest absolute Gasteiger partial charge is 0.478 e. The Balaban J connectivity index is 0.000000521. The monoisotopic (exact) mass is 517 g/mol. The summed E-state index contributed by atoms with van der Waals surface area (Å²) in [6.45, 7) is 3.24. The first-order chi connectivity index (χ1) is 17.6. The molecule has 0 radical (unpaired) electrons. The van der Waals surface area contributed by atoms with Gasteiger partial charge in [0.15, 0.2) is 5.96 Å². The molecule has 0 aliphatic carbocycles. The number of nitrogens with one attached hydrogen (secondary N) is 2. The summed E-state index contributed by atoms with van der Waals surface area (Å²) in [4.78, 5) is 46.0. The van der Waals surface area contributed by atoms with E-state index in [4.69, 9.17) is 30.9 Å². The highest BCUT2D eigenvalue weighted by Gasteiger charge is 2.25. The maximum atomic E-state index is 14.8. The molecule has 196 valence electrons. The average Bonchev–Trinajstić information content (AvgIpc) is 2.82. The maximum Gasteiger partial charge on any atom is 0.414 e. The number of hydrogen-bond donors (Lipinski definition) is 5. The Morgan fingerprint density at radius 2 is 1.84 bits per heavy atom. The number of alkyl carbamates (subject to hydrolysis) is 1. The van der Waals surface area contributed by atoms with Crippen LogP contribution in [-0.4, -0.2) is 69.6 Å². The summed E-state index contributed by atoms with van der Waals surface area (Å²) in [6, 6.07) is 4.72. The summed E-state index contributed by atoms with van der Waals surface area (Å²) in [7, 11) is 0. The first kappa shape index (κ1) is 28.2. The average molecular weight is 517 g/mol. The summed E-state index contributed by atoms with van der Waals surface area (Å²) in [5.41, 5.74) is 6.89. The second-order valence-electron chi connectivity index (χ2n) is 7.11. The van der Waals surface area contributed by atoms with Gasteiger partial charge in [0, 0.05) is 41.2 Å². The number of amides is 1. The van der Waals surface area contributed by atoms with Crippen molar-refractivity contribution < 1.29 is 38.6 Å². The SMILES string of the molecule is CCON=C1CN(c2ncc(-c3cccc(COC(=O)NC(=N)N)c3F)cn2)C1.O=C(O)/C=C\C(=O)O. The van der Waals surface area contributed by atoms with E-state index in [0.717, 1.165) is 5.71 Å². The molecular weight excluding hydrogens is 493 g/mol. The lowest BCUT2D eigenvalue weighted by Crippen LogP contribution is -2.48. The Kier molecular flexibility index (Phi) is 10.4. The summed E-state index contributed by atoms with van der Waals surface area (Å²) in [5.74, 6) is -3.10. The molecule has 0 spiro atoms. The normalized spacial score (nSPS) is 12.1. The van der Waals surface area contributed by atoms with Crippen molar-refractivity contribution in [2.75, 3.05) is 24.6 Å². The molecule has 14 nitrogen and oxygen atoms in total. The fourth-order valence-corrected chi connectivity index (χ4v) is 2.72. The van der Waals surface area contributed by atoms with Crippen LogP contribution >= 0.6 is 0 Å². The van der Waals surface area contributed by atoms with Crippen LogP contribution in [0.3, 0.4) is 0 Å². The summed E-state index contributed by atoms with van der Waals surface area (Å²) in [6.07, 6.45) is 3.25. The zero-order chi connectivity index (χ0) is 27.4. The van der Waals surface area contributed by atoms with E-state index in [1.807, 2.05) is 17.1 Å². The van der Waals surface area contributed by atoms with Crippen molar-refractivity contribution in [1.29, 1.82) is 5.41 Å². The molecule has 0 saturated carbocycles. The third-order valence-corrected chi connectivity index (χ3v) is 4.34. The van der Waals surface area contributed by atoms with Crippen molar-refractivity contribution in [2.45, 2.75) is 13.5 Å². The number of guanidine groups is 1. The van der Waals surface area contributed by atoms with E-state index in [1.165, 1.54) is 18.5 Å². The fraction of sp³-hybridized carbons (Fsp3) is 0.227. The van der Waals surface area contributed by atoms with E-state index in [0.29, 0.717) is 43.4 Å². The molecule has 0 atom stereocenters. The van der Waals surface area contributed by atoms with E-state index in [9.17, 15) is 18.8 Å². The number of anilines is 1. The van der Waals surface area contributed by atoms with Crippen LogP contribution in [0.2, 0.25) is 0 Å². The fourth-order valence-electron chi connectivity index (χ4n) is 2.72. The highest BCUT2D eigenvalue weighted by Crippen LogP contribution is 2.25. The van der Waals surface area contributed by atoms with Gasteiger partial charge in [-0.2, -0.15) is 0 Å². The minimum absolute atomic E-state index is 0.171. The van der Waals surface area contributed by atoms with Crippen molar-refractivity contribution in [1.82, 2.24) is 15.3 Å².